The molecule has 2 aromatic carbocycles. The standard InChI is InChI=1S/C26H34Cl2N2O5/c1-17(22(32)16-31)25(18-6-8-20(27)21(28)14-18)26(33)29-19-7-9-23(34-2)24(15-19)35-13-12-30-10-4-3-5-11-30/h6-9,14-15,17,22,25,31-32H,3-5,10-13,16H2,1-2H3,(H,29,33). The molecule has 1 fully saturated rings. The number of aliphatic hydroxyl groups is 2. The van der Waals surface area contributed by atoms with E-state index in [0.717, 1.165) is 19.6 Å². The van der Waals surface area contributed by atoms with E-state index in [-0.39, 0.29) is 5.91 Å². The third kappa shape index (κ3) is 7.48. The molecule has 1 aliphatic heterocycles. The Labute approximate surface area is 216 Å². The van der Waals surface area contributed by atoms with E-state index in [9.17, 15) is 15.0 Å². The van der Waals surface area contributed by atoms with E-state index in [1.165, 1.54) is 19.3 Å². The average molecular weight is 525 g/mol. The lowest BCUT2D eigenvalue weighted by Gasteiger charge is -2.27. The number of carbonyl (C=O) groups is 1. The minimum atomic E-state index is -1.09. The Morgan fingerprint density at radius 1 is 1.09 bits per heavy atom. The number of anilines is 1. The van der Waals surface area contributed by atoms with Crippen LogP contribution in [0.1, 0.15) is 37.7 Å². The minimum absolute atomic E-state index is 0.307. The van der Waals surface area contributed by atoms with Crippen LogP contribution in [-0.4, -0.2) is 67.1 Å². The maximum atomic E-state index is 13.4. The Morgan fingerprint density at radius 2 is 1.83 bits per heavy atom. The molecule has 0 aromatic heterocycles. The summed E-state index contributed by atoms with van der Waals surface area (Å²) in [7, 11) is 1.57. The highest BCUT2D eigenvalue weighted by molar-refractivity contribution is 6.42. The fourth-order valence-electron chi connectivity index (χ4n) is 4.34. The maximum Gasteiger partial charge on any atom is 0.232 e. The van der Waals surface area contributed by atoms with Crippen LogP contribution in [0.5, 0.6) is 11.5 Å². The van der Waals surface area contributed by atoms with Crippen molar-refractivity contribution in [2.24, 2.45) is 5.92 Å². The molecular weight excluding hydrogens is 491 g/mol. The van der Waals surface area contributed by atoms with Crippen molar-refractivity contribution in [3.05, 3.63) is 52.0 Å². The molecule has 0 bridgehead atoms. The highest BCUT2D eigenvalue weighted by Crippen LogP contribution is 2.35. The number of likely N-dealkylation sites (tertiary alicyclic amines) is 1. The van der Waals surface area contributed by atoms with Crippen molar-refractivity contribution in [3.63, 3.8) is 0 Å². The van der Waals surface area contributed by atoms with Gasteiger partial charge < -0.3 is 25.0 Å². The molecule has 0 aliphatic carbocycles. The molecule has 0 radical (unpaired) electrons. The number of rotatable bonds is 11. The molecule has 1 saturated heterocycles. The van der Waals surface area contributed by atoms with Crippen LogP contribution < -0.4 is 14.8 Å². The van der Waals surface area contributed by atoms with Crippen LogP contribution in [0.25, 0.3) is 0 Å². The first kappa shape index (κ1) is 27.6. The molecule has 1 heterocycles. The Hall–Kier alpha value is -2.03. The maximum absolute atomic E-state index is 13.4. The van der Waals surface area contributed by atoms with Gasteiger partial charge in [-0.2, -0.15) is 0 Å². The topological polar surface area (TPSA) is 91.3 Å². The number of hydrogen-bond acceptors (Lipinski definition) is 6. The molecule has 3 rings (SSSR count). The fraction of sp³-hybridized carbons (Fsp3) is 0.500. The molecule has 7 nitrogen and oxygen atoms in total. The van der Waals surface area contributed by atoms with Gasteiger partial charge in [0.1, 0.15) is 6.61 Å². The van der Waals surface area contributed by atoms with E-state index in [1.807, 2.05) is 0 Å². The smallest absolute Gasteiger partial charge is 0.232 e. The Bertz CT molecular complexity index is 984. The number of aliphatic hydroxyl groups excluding tert-OH is 2. The summed E-state index contributed by atoms with van der Waals surface area (Å²) < 4.78 is 11.4. The van der Waals surface area contributed by atoms with Crippen molar-refractivity contribution < 1.29 is 24.5 Å². The second kappa shape index (κ2) is 13.3. The van der Waals surface area contributed by atoms with Gasteiger partial charge in [0.2, 0.25) is 5.91 Å². The van der Waals surface area contributed by atoms with Crippen molar-refractivity contribution in [2.45, 2.75) is 38.2 Å². The molecule has 1 aliphatic rings. The monoisotopic (exact) mass is 524 g/mol. The summed E-state index contributed by atoms with van der Waals surface area (Å²) >= 11 is 12.2. The van der Waals surface area contributed by atoms with Crippen molar-refractivity contribution >= 4 is 34.8 Å². The number of hydrogen-bond donors (Lipinski definition) is 3. The summed E-state index contributed by atoms with van der Waals surface area (Å²) in [6.45, 7) is 4.75. The summed E-state index contributed by atoms with van der Waals surface area (Å²) in [6, 6.07) is 10.1. The van der Waals surface area contributed by atoms with E-state index in [0.29, 0.717) is 39.4 Å². The number of amides is 1. The van der Waals surface area contributed by atoms with Crippen molar-refractivity contribution in [3.8, 4) is 11.5 Å². The van der Waals surface area contributed by atoms with E-state index in [4.69, 9.17) is 32.7 Å². The number of halogens is 2. The van der Waals surface area contributed by atoms with Crippen LogP contribution in [0.3, 0.4) is 0 Å². The molecule has 3 unspecified atom stereocenters. The molecule has 0 spiro atoms. The SMILES string of the molecule is COc1ccc(NC(=O)C(c2ccc(Cl)c(Cl)c2)C(C)C(O)CO)cc1OCCN1CCCCC1. The van der Waals surface area contributed by atoms with E-state index in [2.05, 4.69) is 10.2 Å². The number of nitrogens with one attached hydrogen (secondary N) is 1. The van der Waals surface area contributed by atoms with Gasteiger partial charge in [0.05, 0.1) is 35.8 Å². The molecule has 9 heteroatoms. The zero-order chi connectivity index (χ0) is 25.4. The van der Waals surface area contributed by atoms with Crippen molar-refractivity contribution in [1.29, 1.82) is 0 Å². The molecule has 1 amide bonds. The van der Waals surface area contributed by atoms with Crippen LogP contribution in [0.4, 0.5) is 5.69 Å². The number of nitrogens with zero attached hydrogens (tertiary/aromatic N) is 1. The number of benzene rings is 2. The second-order valence-corrected chi connectivity index (χ2v) is 9.68. The normalized spacial score (nSPS) is 16.9. The third-order valence-corrected chi connectivity index (χ3v) is 7.19. The molecule has 192 valence electrons. The molecule has 2 aromatic rings. The van der Waals surface area contributed by atoms with Crippen LogP contribution >= 0.6 is 23.2 Å². The van der Waals surface area contributed by atoms with Gasteiger partial charge in [-0.15, -0.1) is 0 Å². The molecule has 0 saturated carbocycles. The number of carbonyl (C=O) groups excluding carboxylic acids is 1. The highest BCUT2D eigenvalue weighted by atomic mass is 35.5. The lowest BCUT2D eigenvalue weighted by molar-refractivity contribution is -0.120. The lowest BCUT2D eigenvalue weighted by Crippen LogP contribution is -2.34. The summed E-state index contributed by atoms with van der Waals surface area (Å²) in [6.07, 6.45) is 2.62. The largest absolute Gasteiger partial charge is 0.493 e. The summed E-state index contributed by atoms with van der Waals surface area (Å²) in [4.78, 5) is 15.8. The third-order valence-electron chi connectivity index (χ3n) is 6.45. The molecule has 3 N–H and O–H groups in total. The van der Waals surface area contributed by atoms with E-state index >= 15 is 0 Å². The van der Waals surface area contributed by atoms with Crippen molar-refractivity contribution in [2.75, 3.05) is 45.3 Å². The number of ether oxygens (including phenoxy) is 2. The summed E-state index contributed by atoms with van der Waals surface area (Å²) in [5.74, 6) is -0.607. The number of piperidine rings is 1. The summed E-state index contributed by atoms with van der Waals surface area (Å²) in [5.41, 5.74) is 1.11. The Morgan fingerprint density at radius 3 is 2.49 bits per heavy atom. The second-order valence-electron chi connectivity index (χ2n) is 8.87. The molecule has 3 atom stereocenters. The Kier molecular flexibility index (Phi) is 10.5. The van der Waals surface area contributed by atoms with Gasteiger partial charge in [-0.1, -0.05) is 42.6 Å². The quantitative estimate of drug-likeness (QED) is 0.398. The predicted molar refractivity (Wildman–Crippen MR) is 139 cm³/mol. The zero-order valence-electron chi connectivity index (χ0n) is 20.2. The van der Waals surface area contributed by atoms with Crippen LogP contribution in [-0.2, 0) is 4.79 Å². The van der Waals surface area contributed by atoms with Crippen LogP contribution in [0.2, 0.25) is 10.0 Å². The average Bonchev–Trinajstić information content (AvgIpc) is 2.86. The van der Waals surface area contributed by atoms with Gasteiger partial charge in [0.15, 0.2) is 11.5 Å². The van der Waals surface area contributed by atoms with Crippen molar-refractivity contribution in [1.82, 2.24) is 4.90 Å². The van der Waals surface area contributed by atoms with Gasteiger partial charge in [-0.25, -0.2) is 0 Å². The van der Waals surface area contributed by atoms with Gasteiger partial charge in [-0.3, -0.25) is 9.69 Å². The highest BCUT2D eigenvalue weighted by Gasteiger charge is 2.32. The zero-order valence-corrected chi connectivity index (χ0v) is 21.7. The van der Waals surface area contributed by atoms with Gasteiger partial charge in [-0.05, 0) is 61.7 Å². The first-order chi connectivity index (χ1) is 16.8. The first-order valence-electron chi connectivity index (χ1n) is 11.9. The van der Waals surface area contributed by atoms with Gasteiger partial charge >= 0.3 is 0 Å². The molecular formula is C26H34Cl2N2O5. The first-order valence-corrected chi connectivity index (χ1v) is 12.7. The lowest BCUT2D eigenvalue weighted by atomic mass is 9.83. The summed E-state index contributed by atoms with van der Waals surface area (Å²) in [5, 5.41) is 23.3. The predicted octanol–water partition coefficient (Wildman–Crippen LogP) is 4.58. The van der Waals surface area contributed by atoms with Crippen LogP contribution in [0.15, 0.2) is 36.4 Å². The van der Waals surface area contributed by atoms with Gasteiger partial charge in [0, 0.05) is 18.3 Å². The number of methoxy groups -OCH3 is 1. The van der Waals surface area contributed by atoms with E-state index < -0.39 is 24.5 Å². The van der Waals surface area contributed by atoms with E-state index in [1.54, 1.807) is 50.4 Å². The minimum Gasteiger partial charge on any atom is -0.493 e. The van der Waals surface area contributed by atoms with Crippen LogP contribution in [0, 0.1) is 5.92 Å². The Balaban J connectivity index is 1.76. The van der Waals surface area contributed by atoms with Gasteiger partial charge in [0.25, 0.3) is 0 Å². The molecule has 35 heavy (non-hydrogen) atoms. The fourth-order valence-corrected chi connectivity index (χ4v) is 4.65.